The van der Waals surface area contributed by atoms with E-state index in [2.05, 4.69) is 10.2 Å². The number of anilines is 1. The normalized spacial score (nSPS) is 26.3. The molecule has 3 amide bonds. The molecular weight excluding hydrogens is 455 g/mol. The monoisotopic (exact) mass is 483 g/mol. The lowest BCUT2D eigenvalue weighted by Gasteiger charge is -2.41. The number of primary amides is 1. The molecule has 0 radical (unpaired) electrons. The van der Waals surface area contributed by atoms with Gasteiger partial charge in [-0.25, -0.2) is 18.0 Å². The number of imide groups is 1. The first kappa shape index (κ1) is 24.3. The standard InChI is InChI=1S/C22H28F3N5O4/c23-17-11-14(16-2-4-19(31)27-20(16)32)1-3-18(17)29-9-7-28(8-10-29)12-15-5-6-30(34-21(26)33)13-22(15,24)25/h1,3,11,15-16H,2,4-10,12-13H2,(H2,26,33)(H,27,31,32). The lowest BCUT2D eigenvalue weighted by molar-refractivity contribution is -0.204. The maximum Gasteiger partial charge on any atom is 0.423 e. The molecule has 3 N–H and O–H groups in total. The Kier molecular flexibility index (Phi) is 6.99. The molecule has 12 heteroatoms. The van der Waals surface area contributed by atoms with Crippen molar-refractivity contribution >= 4 is 23.6 Å². The van der Waals surface area contributed by atoms with Crippen LogP contribution in [0.2, 0.25) is 0 Å². The van der Waals surface area contributed by atoms with Gasteiger partial charge in [0.15, 0.2) is 0 Å². The van der Waals surface area contributed by atoms with Gasteiger partial charge in [-0.05, 0) is 30.5 Å². The van der Waals surface area contributed by atoms with Crippen LogP contribution in [-0.2, 0) is 14.4 Å². The molecule has 186 valence electrons. The van der Waals surface area contributed by atoms with Crippen LogP contribution in [0.1, 0.15) is 30.7 Å². The number of nitrogens with one attached hydrogen (secondary N) is 1. The minimum absolute atomic E-state index is 0.164. The molecule has 3 aliphatic heterocycles. The van der Waals surface area contributed by atoms with Crippen LogP contribution < -0.4 is 16.0 Å². The summed E-state index contributed by atoms with van der Waals surface area (Å²) in [6.45, 7) is 1.65. The Hall–Kier alpha value is -2.86. The molecule has 0 spiro atoms. The van der Waals surface area contributed by atoms with Gasteiger partial charge in [0, 0.05) is 51.6 Å². The van der Waals surface area contributed by atoms with E-state index in [0.29, 0.717) is 43.9 Å². The topological polar surface area (TPSA) is 108 Å². The van der Waals surface area contributed by atoms with Crippen LogP contribution in [0.5, 0.6) is 0 Å². The molecular formula is C22H28F3N5O4. The third kappa shape index (κ3) is 5.44. The number of hydrogen-bond acceptors (Lipinski definition) is 7. The molecule has 2 unspecified atom stereocenters. The van der Waals surface area contributed by atoms with Gasteiger partial charge in [-0.1, -0.05) is 6.07 Å². The number of amides is 3. The Morgan fingerprint density at radius 1 is 1.15 bits per heavy atom. The number of piperazine rings is 1. The maximum atomic E-state index is 14.9. The number of piperidine rings is 2. The van der Waals surface area contributed by atoms with Crippen LogP contribution in [0, 0.1) is 11.7 Å². The molecule has 9 nitrogen and oxygen atoms in total. The number of hydrogen-bond donors (Lipinski definition) is 2. The molecule has 3 aliphatic rings. The Morgan fingerprint density at radius 2 is 1.88 bits per heavy atom. The highest BCUT2D eigenvalue weighted by Gasteiger charge is 2.46. The van der Waals surface area contributed by atoms with Crippen molar-refractivity contribution in [1.29, 1.82) is 0 Å². The summed E-state index contributed by atoms with van der Waals surface area (Å²) < 4.78 is 44.0. The smallest absolute Gasteiger partial charge is 0.367 e. The molecule has 2 atom stereocenters. The van der Waals surface area contributed by atoms with Crippen LogP contribution in [0.15, 0.2) is 18.2 Å². The first-order chi connectivity index (χ1) is 16.1. The zero-order valence-electron chi connectivity index (χ0n) is 18.6. The predicted octanol–water partition coefficient (Wildman–Crippen LogP) is 1.44. The summed E-state index contributed by atoms with van der Waals surface area (Å²) in [5.41, 5.74) is 5.83. The van der Waals surface area contributed by atoms with Gasteiger partial charge < -0.3 is 15.5 Å². The minimum atomic E-state index is -3.03. The fourth-order valence-corrected chi connectivity index (χ4v) is 4.88. The summed E-state index contributed by atoms with van der Waals surface area (Å²) in [4.78, 5) is 42.6. The van der Waals surface area contributed by atoms with Crippen molar-refractivity contribution in [2.45, 2.75) is 31.1 Å². The van der Waals surface area contributed by atoms with Crippen molar-refractivity contribution in [1.82, 2.24) is 15.3 Å². The van der Waals surface area contributed by atoms with E-state index >= 15 is 0 Å². The van der Waals surface area contributed by atoms with Crippen molar-refractivity contribution in [2.75, 3.05) is 50.7 Å². The molecule has 4 rings (SSSR count). The number of halogens is 3. The fraction of sp³-hybridized carbons (Fsp3) is 0.591. The second-order valence-corrected chi connectivity index (χ2v) is 9.02. The second kappa shape index (κ2) is 9.79. The van der Waals surface area contributed by atoms with E-state index in [0.717, 1.165) is 5.06 Å². The molecule has 3 heterocycles. The number of alkyl halides is 2. The van der Waals surface area contributed by atoms with Gasteiger partial charge in [-0.3, -0.25) is 19.8 Å². The van der Waals surface area contributed by atoms with Crippen molar-refractivity contribution < 1.29 is 32.4 Å². The van der Waals surface area contributed by atoms with Gasteiger partial charge in [0.2, 0.25) is 11.8 Å². The maximum absolute atomic E-state index is 14.9. The van der Waals surface area contributed by atoms with E-state index in [4.69, 9.17) is 5.73 Å². The van der Waals surface area contributed by atoms with E-state index in [1.165, 1.54) is 6.07 Å². The van der Waals surface area contributed by atoms with Crippen LogP contribution in [-0.4, -0.2) is 79.6 Å². The third-order valence-electron chi connectivity index (χ3n) is 6.74. The largest absolute Gasteiger partial charge is 0.423 e. The van der Waals surface area contributed by atoms with Crippen molar-refractivity contribution in [2.24, 2.45) is 11.7 Å². The molecule has 34 heavy (non-hydrogen) atoms. The molecule has 0 bridgehead atoms. The quantitative estimate of drug-likeness (QED) is 0.610. The number of carbonyl (C=O) groups excluding carboxylic acids is 3. The van der Waals surface area contributed by atoms with Crippen LogP contribution in [0.25, 0.3) is 0 Å². The SMILES string of the molecule is NC(=O)ON1CCC(CN2CCN(c3ccc(C4CCC(=O)NC4=O)cc3F)CC2)C(F)(F)C1. The number of benzene rings is 1. The Morgan fingerprint density at radius 3 is 2.50 bits per heavy atom. The first-order valence-corrected chi connectivity index (χ1v) is 11.3. The molecule has 0 saturated carbocycles. The van der Waals surface area contributed by atoms with E-state index in [1.54, 1.807) is 12.1 Å². The summed E-state index contributed by atoms with van der Waals surface area (Å²) in [5, 5.41) is 3.18. The predicted molar refractivity (Wildman–Crippen MR) is 115 cm³/mol. The molecule has 0 aliphatic carbocycles. The molecule has 3 fully saturated rings. The van der Waals surface area contributed by atoms with Crippen LogP contribution >= 0.6 is 0 Å². The Labute approximate surface area is 194 Å². The second-order valence-electron chi connectivity index (χ2n) is 9.02. The van der Waals surface area contributed by atoms with Crippen molar-refractivity contribution in [3.05, 3.63) is 29.6 Å². The van der Waals surface area contributed by atoms with E-state index in [9.17, 15) is 27.6 Å². The molecule has 0 aromatic heterocycles. The number of nitrogens with two attached hydrogens (primary N) is 1. The van der Waals surface area contributed by atoms with Gasteiger partial charge >= 0.3 is 6.09 Å². The summed E-state index contributed by atoms with van der Waals surface area (Å²) >= 11 is 0. The zero-order chi connectivity index (χ0) is 24.5. The van der Waals surface area contributed by atoms with Gasteiger partial charge in [0.05, 0.1) is 18.2 Å². The summed E-state index contributed by atoms with van der Waals surface area (Å²) in [6, 6.07) is 4.67. The molecule has 3 saturated heterocycles. The highest BCUT2D eigenvalue weighted by atomic mass is 19.3. The highest BCUT2D eigenvalue weighted by molar-refractivity contribution is 6.00. The third-order valence-corrected chi connectivity index (χ3v) is 6.74. The summed E-state index contributed by atoms with van der Waals surface area (Å²) in [6.07, 6.45) is -0.377. The lowest BCUT2D eigenvalue weighted by Crippen LogP contribution is -2.55. The highest BCUT2D eigenvalue weighted by Crippen LogP contribution is 2.34. The lowest BCUT2D eigenvalue weighted by atomic mass is 9.90. The van der Waals surface area contributed by atoms with Crippen LogP contribution in [0.4, 0.5) is 23.7 Å². The average Bonchev–Trinajstić information content (AvgIpc) is 2.75. The summed E-state index contributed by atoms with van der Waals surface area (Å²) in [5.74, 6) is -5.65. The van der Waals surface area contributed by atoms with E-state index in [-0.39, 0.29) is 31.8 Å². The number of carbonyl (C=O) groups is 3. The van der Waals surface area contributed by atoms with Crippen molar-refractivity contribution in [3.63, 3.8) is 0 Å². The Balaban J connectivity index is 1.31. The van der Waals surface area contributed by atoms with Gasteiger partial charge in [-0.2, -0.15) is 0 Å². The first-order valence-electron chi connectivity index (χ1n) is 11.3. The molecule has 1 aromatic rings. The van der Waals surface area contributed by atoms with Crippen molar-refractivity contribution in [3.8, 4) is 0 Å². The average molecular weight is 483 g/mol. The van der Waals surface area contributed by atoms with E-state index < -0.39 is 42.1 Å². The van der Waals surface area contributed by atoms with Gasteiger partial charge in [0.1, 0.15) is 5.82 Å². The fourth-order valence-electron chi connectivity index (χ4n) is 4.88. The summed E-state index contributed by atoms with van der Waals surface area (Å²) in [7, 11) is 0. The molecule has 1 aromatic carbocycles. The number of hydroxylamine groups is 2. The van der Waals surface area contributed by atoms with Crippen LogP contribution in [0.3, 0.4) is 0 Å². The number of rotatable bonds is 5. The van der Waals surface area contributed by atoms with Gasteiger partial charge in [0.25, 0.3) is 5.92 Å². The van der Waals surface area contributed by atoms with E-state index in [1.807, 2.05) is 9.80 Å². The minimum Gasteiger partial charge on any atom is -0.367 e. The Bertz CT molecular complexity index is 954. The number of nitrogens with zero attached hydrogens (tertiary/aromatic N) is 3. The van der Waals surface area contributed by atoms with Gasteiger partial charge in [-0.15, -0.1) is 5.06 Å². The zero-order valence-corrected chi connectivity index (χ0v) is 18.6.